The smallest absolute Gasteiger partial charge is 0.305 e. The SMILES string of the molecule is CC.CC.CCCCC/C=C\C/C=C\CCCCCCCC=O.CCCCCCCCCOC(=O)CCCCCCC=O.Cc1sc2c(c1C(=O)NCCCN(C)C)CCN(C)C2. The van der Waals surface area contributed by atoms with E-state index in [4.69, 9.17) is 4.74 Å². The van der Waals surface area contributed by atoms with Crippen LogP contribution in [0.1, 0.15) is 234 Å². The van der Waals surface area contributed by atoms with E-state index in [1.54, 1.807) is 11.3 Å². The predicted octanol–water partition coefficient (Wildman–Crippen LogP) is 14.6. The zero-order valence-corrected chi connectivity index (χ0v) is 43.8. The Morgan fingerprint density at radius 2 is 1.17 bits per heavy atom. The van der Waals surface area contributed by atoms with Gasteiger partial charge in [-0.2, -0.15) is 0 Å². The fourth-order valence-electron chi connectivity index (χ4n) is 6.86. The van der Waals surface area contributed by atoms with Crippen LogP contribution in [0.15, 0.2) is 24.3 Å². The molecule has 1 aliphatic rings. The standard InChI is InChI=1S/C18H32O.C17H32O3.C15H25N3OS.2C2H6/c1-2-3-4-5-6-7-8-9-10-11-12-13-14-15-16-17-18-19;1-2-3-4-5-6-10-13-16-20-17(19)14-11-8-7-9-12-15-18;1-11-14(15(19)16-7-5-8-17(2)3)12-6-9-18(4)10-13(12)20-11;2*1-2/h6-7,9-10,18H,2-5,8,11-17H2,1H3;15H,2-14,16H2,1H3;5-10H2,1-4H3,(H,16,19);2*1-2H3/b7-6-,10-9-;;;;. The van der Waals surface area contributed by atoms with Crippen LogP contribution in [-0.2, 0) is 32.1 Å². The Bertz CT molecular complexity index is 1230. The third-order valence-electron chi connectivity index (χ3n) is 10.5. The van der Waals surface area contributed by atoms with Crippen LogP contribution in [-0.4, -0.2) is 81.6 Å². The Balaban J connectivity index is -0.000000823. The van der Waals surface area contributed by atoms with Crippen molar-refractivity contribution < 1.29 is 23.9 Å². The monoisotopic (exact) mass is 904 g/mol. The first kappa shape index (κ1) is 64.7. The summed E-state index contributed by atoms with van der Waals surface area (Å²) in [5.74, 6) is 0.0506. The van der Waals surface area contributed by atoms with E-state index in [1.165, 1.54) is 107 Å². The molecule has 0 radical (unpaired) electrons. The first-order valence-corrected chi connectivity index (χ1v) is 26.6. The highest BCUT2D eigenvalue weighted by molar-refractivity contribution is 7.12. The number of hydrogen-bond donors (Lipinski definition) is 1. The number of fused-ring (bicyclic) bond motifs is 1. The first-order chi connectivity index (χ1) is 30.7. The molecule has 1 aromatic heterocycles. The van der Waals surface area contributed by atoms with Gasteiger partial charge in [0.05, 0.1) is 12.2 Å². The first-order valence-electron chi connectivity index (χ1n) is 25.8. The molecule has 0 aliphatic carbocycles. The number of aldehydes is 2. The largest absolute Gasteiger partial charge is 0.466 e. The van der Waals surface area contributed by atoms with Crippen LogP contribution in [0.3, 0.4) is 0 Å². The number of allylic oxidation sites excluding steroid dienone is 4. The molecule has 1 N–H and O–H groups in total. The number of hydrogen-bond acceptors (Lipinski definition) is 8. The van der Waals surface area contributed by atoms with Crippen LogP contribution in [0.4, 0.5) is 0 Å². The molecule has 0 saturated carbocycles. The van der Waals surface area contributed by atoms with E-state index in [-0.39, 0.29) is 11.9 Å². The molecule has 1 aliphatic heterocycles. The van der Waals surface area contributed by atoms with Crippen LogP contribution in [0.25, 0.3) is 0 Å². The number of aryl methyl sites for hydroxylation is 1. The summed E-state index contributed by atoms with van der Waals surface area (Å²) in [6, 6.07) is 0. The number of amides is 1. The van der Waals surface area contributed by atoms with Crippen molar-refractivity contribution in [2.24, 2.45) is 0 Å². The van der Waals surface area contributed by atoms with Crippen molar-refractivity contribution in [1.82, 2.24) is 15.1 Å². The lowest BCUT2D eigenvalue weighted by atomic mass is 10.0. The minimum absolute atomic E-state index is 0.0635. The van der Waals surface area contributed by atoms with Gasteiger partial charge in [0.25, 0.3) is 5.91 Å². The maximum atomic E-state index is 12.4. The third kappa shape index (κ3) is 43.1. The Morgan fingerprint density at radius 1 is 0.683 bits per heavy atom. The molecule has 8 nitrogen and oxygen atoms in total. The van der Waals surface area contributed by atoms with Gasteiger partial charge >= 0.3 is 5.97 Å². The van der Waals surface area contributed by atoms with Gasteiger partial charge in [-0.25, -0.2) is 0 Å². The van der Waals surface area contributed by atoms with Crippen molar-refractivity contribution in [3.05, 3.63) is 45.2 Å². The molecule has 2 heterocycles. The minimum atomic E-state index is -0.0635. The number of ether oxygens (including phenoxy) is 1. The molecule has 1 amide bonds. The van der Waals surface area contributed by atoms with Crippen LogP contribution >= 0.6 is 11.3 Å². The minimum Gasteiger partial charge on any atom is -0.466 e. The van der Waals surface area contributed by atoms with E-state index in [2.05, 4.69) is 81.3 Å². The fraction of sp³-hybridized carbons (Fsp3) is 0.778. The summed E-state index contributed by atoms with van der Waals surface area (Å²) in [4.78, 5) is 51.0. The highest BCUT2D eigenvalue weighted by Crippen LogP contribution is 2.32. The predicted molar refractivity (Wildman–Crippen MR) is 275 cm³/mol. The Hall–Kier alpha value is -2.62. The zero-order valence-electron chi connectivity index (χ0n) is 42.9. The van der Waals surface area contributed by atoms with Crippen molar-refractivity contribution in [3.8, 4) is 0 Å². The topological polar surface area (TPSA) is 96.0 Å². The molecule has 0 saturated heterocycles. The van der Waals surface area contributed by atoms with Gasteiger partial charge in [0.2, 0.25) is 0 Å². The highest BCUT2D eigenvalue weighted by Gasteiger charge is 2.24. The lowest BCUT2D eigenvalue weighted by Crippen LogP contribution is -2.30. The number of likely N-dealkylation sites (N-methyl/N-ethyl adjacent to an activating group) is 1. The summed E-state index contributed by atoms with van der Waals surface area (Å²) in [5.41, 5.74) is 2.23. The third-order valence-corrected chi connectivity index (χ3v) is 11.6. The van der Waals surface area contributed by atoms with Gasteiger partial charge in [-0.3, -0.25) is 9.59 Å². The van der Waals surface area contributed by atoms with Crippen LogP contribution < -0.4 is 5.32 Å². The zero-order chi connectivity index (χ0) is 47.6. The van der Waals surface area contributed by atoms with Crippen molar-refractivity contribution in [3.63, 3.8) is 0 Å². The van der Waals surface area contributed by atoms with Gasteiger partial charge in [0.1, 0.15) is 12.6 Å². The maximum absolute atomic E-state index is 12.4. The van der Waals surface area contributed by atoms with E-state index in [0.717, 1.165) is 113 Å². The lowest BCUT2D eigenvalue weighted by Gasteiger charge is -2.22. The second-order valence-corrected chi connectivity index (χ2v) is 17.8. The Kier molecular flexibility index (Phi) is 53.4. The van der Waals surface area contributed by atoms with Crippen LogP contribution in [0.5, 0.6) is 0 Å². The van der Waals surface area contributed by atoms with Crippen molar-refractivity contribution >= 4 is 35.8 Å². The second-order valence-electron chi connectivity index (χ2n) is 16.5. The maximum Gasteiger partial charge on any atom is 0.305 e. The Morgan fingerprint density at radius 3 is 1.73 bits per heavy atom. The average Bonchev–Trinajstić information content (AvgIpc) is 3.62. The quantitative estimate of drug-likeness (QED) is 0.0318. The lowest BCUT2D eigenvalue weighted by molar-refractivity contribution is -0.143. The molecule has 0 bridgehead atoms. The van der Waals surface area contributed by atoms with Gasteiger partial charge in [-0.05, 0) is 111 Å². The molecular weight excluding hydrogens is 803 g/mol. The summed E-state index contributed by atoms with van der Waals surface area (Å²) in [6.45, 7) is 18.9. The van der Waals surface area contributed by atoms with E-state index in [1.807, 2.05) is 27.7 Å². The molecular formula is C54H101N3O5S. The van der Waals surface area contributed by atoms with E-state index < -0.39 is 0 Å². The number of thiophene rings is 1. The summed E-state index contributed by atoms with van der Waals surface area (Å²) in [6.07, 6.45) is 41.3. The van der Waals surface area contributed by atoms with Gasteiger partial charge in [-0.15, -0.1) is 11.3 Å². The van der Waals surface area contributed by atoms with Crippen LogP contribution in [0, 0.1) is 6.92 Å². The van der Waals surface area contributed by atoms with E-state index in [9.17, 15) is 19.2 Å². The summed E-state index contributed by atoms with van der Waals surface area (Å²) in [7, 11) is 6.24. The molecule has 368 valence electrons. The second kappa shape index (κ2) is 52.0. The Labute approximate surface area is 394 Å². The molecule has 1 aromatic rings. The molecule has 9 heteroatoms. The van der Waals surface area contributed by atoms with E-state index >= 15 is 0 Å². The normalized spacial score (nSPS) is 11.9. The van der Waals surface area contributed by atoms with Gasteiger partial charge in [-0.1, -0.05) is 149 Å². The molecule has 0 atom stereocenters. The van der Waals surface area contributed by atoms with Gasteiger partial charge < -0.3 is 29.4 Å². The van der Waals surface area contributed by atoms with Gasteiger partial charge in [0, 0.05) is 48.7 Å². The molecule has 2 rings (SSSR count). The number of carbonyl (C=O) groups is 4. The molecule has 0 aromatic carbocycles. The number of nitrogens with zero attached hydrogens (tertiary/aromatic N) is 2. The molecule has 0 unspecified atom stereocenters. The number of esters is 1. The van der Waals surface area contributed by atoms with Crippen molar-refractivity contribution in [2.45, 2.75) is 228 Å². The van der Waals surface area contributed by atoms with Gasteiger partial charge in [0.15, 0.2) is 0 Å². The number of carbonyl (C=O) groups excluding carboxylic acids is 4. The van der Waals surface area contributed by atoms with Crippen LogP contribution in [0.2, 0.25) is 0 Å². The molecule has 0 spiro atoms. The summed E-state index contributed by atoms with van der Waals surface area (Å²) >= 11 is 1.78. The molecule has 63 heavy (non-hydrogen) atoms. The summed E-state index contributed by atoms with van der Waals surface area (Å²) < 4.78 is 5.20. The molecule has 0 fully saturated rings. The van der Waals surface area contributed by atoms with Crippen molar-refractivity contribution in [1.29, 1.82) is 0 Å². The average molecular weight is 904 g/mol. The van der Waals surface area contributed by atoms with E-state index in [0.29, 0.717) is 19.4 Å². The van der Waals surface area contributed by atoms with Crippen molar-refractivity contribution in [2.75, 3.05) is 47.4 Å². The fourth-order valence-corrected chi connectivity index (χ4v) is 8.16. The highest BCUT2D eigenvalue weighted by atomic mass is 32.1. The number of rotatable bonds is 34. The number of unbranched alkanes of at least 4 members (excludes halogenated alkanes) is 19. The summed E-state index contributed by atoms with van der Waals surface area (Å²) in [5, 5.41) is 3.07. The number of nitrogens with one attached hydrogen (secondary N) is 1.